The first kappa shape index (κ1) is 25.1. The molecule has 2 saturated heterocycles. The number of piperidine rings is 1. The summed E-state index contributed by atoms with van der Waals surface area (Å²) < 4.78 is 48.3. The highest BCUT2D eigenvalue weighted by molar-refractivity contribution is 6.31. The average Bonchev–Trinajstić information content (AvgIpc) is 3.30. The van der Waals surface area contributed by atoms with Crippen molar-refractivity contribution in [1.82, 2.24) is 24.7 Å². The number of hydrazine groups is 1. The second-order valence-electron chi connectivity index (χ2n) is 9.76. The van der Waals surface area contributed by atoms with E-state index in [1.807, 2.05) is 5.01 Å². The summed E-state index contributed by atoms with van der Waals surface area (Å²) in [5.41, 5.74) is -0.742. The molecule has 0 spiro atoms. The molecule has 3 aromatic rings. The van der Waals surface area contributed by atoms with Crippen LogP contribution in [0, 0.1) is 0 Å². The zero-order valence-corrected chi connectivity index (χ0v) is 21.1. The van der Waals surface area contributed by atoms with Crippen molar-refractivity contribution >= 4 is 34.2 Å². The number of ether oxygens (including phenoxy) is 1. The van der Waals surface area contributed by atoms with Crippen LogP contribution in [0.2, 0.25) is 5.02 Å². The van der Waals surface area contributed by atoms with E-state index in [2.05, 4.69) is 5.10 Å². The summed E-state index contributed by atoms with van der Waals surface area (Å²) in [4.78, 5) is 27.7. The molecular weight excluding hydrogens is 523 g/mol. The summed E-state index contributed by atoms with van der Waals surface area (Å²) in [7, 11) is 0. The standard InChI is InChI=1S/C26H25ClF3N5O3/c27-18-3-1-17-14-20(4-2-16(17)13-18)35-23-21(24(31-35)26(28,29)30)7-10-33(25(23)37)19-5-8-32(9-6-19)34-11-12-38-15-22(34)36/h1-4,13-14,19H,5-12,15H2. The van der Waals surface area contributed by atoms with Crippen molar-refractivity contribution in [2.45, 2.75) is 31.5 Å². The predicted octanol–water partition coefficient (Wildman–Crippen LogP) is 3.93. The first-order valence-corrected chi connectivity index (χ1v) is 12.9. The van der Waals surface area contributed by atoms with E-state index in [0.29, 0.717) is 49.8 Å². The zero-order chi connectivity index (χ0) is 26.6. The van der Waals surface area contributed by atoms with Crippen molar-refractivity contribution in [3.63, 3.8) is 0 Å². The number of hydrogen-bond acceptors (Lipinski definition) is 5. The summed E-state index contributed by atoms with van der Waals surface area (Å²) in [6, 6.07) is 10.2. The summed E-state index contributed by atoms with van der Waals surface area (Å²) in [5, 5.41) is 9.76. The number of alkyl halides is 3. The van der Waals surface area contributed by atoms with E-state index in [4.69, 9.17) is 16.3 Å². The number of aromatic nitrogens is 2. The number of nitrogens with zero attached hydrogens (tertiary/aromatic N) is 5. The van der Waals surface area contributed by atoms with Gasteiger partial charge in [-0.25, -0.2) is 9.69 Å². The second-order valence-corrected chi connectivity index (χ2v) is 10.2. The normalized spacial score (nSPS) is 19.9. The van der Waals surface area contributed by atoms with Crippen molar-refractivity contribution < 1.29 is 27.5 Å². The van der Waals surface area contributed by atoms with Crippen LogP contribution < -0.4 is 0 Å². The highest BCUT2D eigenvalue weighted by Gasteiger charge is 2.44. The third-order valence-corrected chi connectivity index (χ3v) is 7.77. The van der Waals surface area contributed by atoms with E-state index in [-0.39, 0.29) is 42.8 Å². The summed E-state index contributed by atoms with van der Waals surface area (Å²) >= 11 is 6.07. The summed E-state index contributed by atoms with van der Waals surface area (Å²) in [6.07, 6.45) is -3.38. The number of rotatable bonds is 3. The lowest BCUT2D eigenvalue weighted by molar-refractivity contribution is -0.168. The maximum Gasteiger partial charge on any atom is 0.435 e. The van der Waals surface area contributed by atoms with Gasteiger partial charge in [0.1, 0.15) is 12.3 Å². The molecule has 0 aliphatic carbocycles. The van der Waals surface area contributed by atoms with Crippen LogP contribution in [-0.2, 0) is 22.1 Å². The molecule has 6 rings (SSSR count). The molecule has 2 amide bonds. The molecule has 0 bridgehead atoms. The Morgan fingerprint density at radius 3 is 2.45 bits per heavy atom. The lowest BCUT2D eigenvalue weighted by Gasteiger charge is -2.44. The third-order valence-electron chi connectivity index (χ3n) is 7.53. The molecule has 3 aliphatic rings. The summed E-state index contributed by atoms with van der Waals surface area (Å²) in [5.74, 6) is -0.541. The Bertz CT molecular complexity index is 1420. The maximum absolute atomic E-state index is 14.0. The molecule has 0 N–H and O–H groups in total. The van der Waals surface area contributed by atoms with E-state index in [0.717, 1.165) is 15.5 Å². The molecule has 3 aliphatic heterocycles. The minimum atomic E-state index is -4.68. The highest BCUT2D eigenvalue weighted by atomic mass is 35.5. The summed E-state index contributed by atoms with van der Waals surface area (Å²) in [6.45, 7) is 2.37. The Kier molecular flexibility index (Phi) is 6.32. The predicted molar refractivity (Wildman–Crippen MR) is 133 cm³/mol. The van der Waals surface area contributed by atoms with Gasteiger partial charge in [0.25, 0.3) is 11.8 Å². The van der Waals surface area contributed by atoms with Gasteiger partial charge in [0.15, 0.2) is 5.69 Å². The molecular formula is C26H25ClF3N5O3. The van der Waals surface area contributed by atoms with Crippen LogP contribution in [0.15, 0.2) is 36.4 Å². The Morgan fingerprint density at radius 2 is 1.71 bits per heavy atom. The topological polar surface area (TPSA) is 70.9 Å². The SMILES string of the molecule is O=C1c2c(c(C(F)(F)F)nn2-c2ccc3cc(Cl)ccc3c2)CCN1C1CCN(N2CCOCC2=O)CC1. The lowest BCUT2D eigenvalue weighted by atomic mass is 9.97. The Balaban J connectivity index is 1.30. The molecule has 1 aromatic heterocycles. The minimum absolute atomic E-state index is 0.0392. The van der Waals surface area contributed by atoms with Gasteiger partial charge in [0.05, 0.1) is 18.8 Å². The second kappa shape index (κ2) is 9.55. The van der Waals surface area contributed by atoms with Gasteiger partial charge in [-0.2, -0.15) is 18.3 Å². The molecule has 12 heteroatoms. The van der Waals surface area contributed by atoms with E-state index in [1.165, 1.54) is 0 Å². The number of halogens is 4. The van der Waals surface area contributed by atoms with Crippen molar-refractivity contribution in [2.75, 3.05) is 39.4 Å². The van der Waals surface area contributed by atoms with Gasteiger partial charge in [-0.05, 0) is 54.3 Å². The van der Waals surface area contributed by atoms with Gasteiger partial charge in [0.2, 0.25) is 0 Å². The van der Waals surface area contributed by atoms with Crippen LogP contribution in [0.25, 0.3) is 16.5 Å². The lowest BCUT2D eigenvalue weighted by Crippen LogP contribution is -2.57. The number of carbonyl (C=O) groups is 2. The number of benzene rings is 2. The smallest absolute Gasteiger partial charge is 0.370 e. The number of amides is 2. The first-order valence-electron chi connectivity index (χ1n) is 12.5. The molecule has 0 atom stereocenters. The number of fused-ring (bicyclic) bond motifs is 2. The zero-order valence-electron chi connectivity index (χ0n) is 20.4. The van der Waals surface area contributed by atoms with Crippen molar-refractivity contribution in [2.24, 2.45) is 0 Å². The Morgan fingerprint density at radius 1 is 0.974 bits per heavy atom. The number of morpholine rings is 1. The molecule has 200 valence electrons. The van der Waals surface area contributed by atoms with Crippen LogP contribution in [0.3, 0.4) is 0 Å². The quantitative estimate of drug-likeness (QED) is 0.497. The Hall–Kier alpha value is -3.15. The van der Waals surface area contributed by atoms with Crippen LogP contribution in [0.5, 0.6) is 0 Å². The van der Waals surface area contributed by atoms with Crippen LogP contribution in [0.1, 0.15) is 34.6 Å². The monoisotopic (exact) mass is 547 g/mol. The van der Waals surface area contributed by atoms with Gasteiger partial charge in [-0.1, -0.05) is 23.7 Å². The van der Waals surface area contributed by atoms with Gasteiger partial charge in [-0.15, -0.1) is 0 Å². The molecule has 0 unspecified atom stereocenters. The largest absolute Gasteiger partial charge is 0.435 e. The number of hydrogen-bond donors (Lipinski definition) is 0. The van der Waals surface area contributed by atoms with Gasteiger partial charge < -0.3 is 9.64 Å². The van der Waals surface area contributed by atoms with Gasteiger partial charge in [-0.3, -0.25) is 14.6 Å². The minimum Gasteiger partial charge on any atom is -0.370 e. The first-order chi connectivity index (χ1) is 18.2. The average molecular weight is 548 g/mol. The third kappa shape index (κ3) is 4.42. The highest BCUT2D eigenvalue weighted by Crippen LogP contribution is 2.37. The molecule has 8 nitrogen and oxygen atoms in total. The molecule has 4 heterocycles. The number of carbonyl (C=O) groups excluding carboxylic acids is 2. The maximum atomic E-state index is 14.0. The fourth-order valence-corrected chi connectivity index (χ4v) is 5.87. The molecule has 2 fully saturated rings. The van der Waals surface area contributed by atoms with Crippen LogP contribution in [0.4, 0.5) is 13.2 Å². The molecule has 0 saturated carbocycles. The van der Waals surface area contributed by atoms with E-state index < -0.39 is 17.8 Å². The fraction of sp³-hybridized carbons (Fsp3) is 0.423. The van der Waals surface area contributed by atoms with Gasteiger partial charge in [0, 0.05) is 36.3 Å². The van der Waals surface area contributed by atoms with Crippen LogP contribution in [-0.4, -0.2) is 81.9 Å². The van der Waals surface area contributed by atoms with Crippen LogP contribution >= 0.6 is 11.6 Å². The molecule has 2 aromatic carbocycles. The van der Waals surface area contributed by atoms with E-state index in [1.54, 1.807) is 46.3 Å². The Labute approximate surface area is 221 Å². The molecule has 38 heavy (non-hydrogen) atoms. The van der Waals surface area contributed by atoms with E-state index >= 15 is 0 Å². The van der Waals surface area contributed by atoms with Crippen molar-refractivity contribution in [3.05, 3.63) is 58.4 Å². The molecule has 0 radical (unpaired) electrons. The van der Waals surface area contributed by atoms with Crippen molar-refractivity contribution in [1.29, 1.82) is 0 Å². The van der Waals surface area contributed by atoms with Crippen molar-refractivity contribution in [3.8, 4) is 5.69 Å². The fourth-order valence-electron chi connectivity index (χ4n) is 5.69. The van der Waals surface area contributed by atoms with Gasteiger partial charge >= 0.3 is 6.18 Å². The van der Waals surface area contributed by atoms with E-state index in [9.17, 15) is 22.8 Å².